The monoisotopic (exact) mass is 208 g/mol. The lowest BCUT2D eigenvalue weighted by atomic mass is 10.3. The van der Waals surface area contributed by atoms with E-state index in [9.17, 15) is 9.36 Å². The zero-order valence-electron chi connectivity index (χ0n) is 7.81. The minimum absolute atomic E-state index is 0.00764. The van der Waals surface area contributed by atoms with Gasteiger partial charge in [-0.15, -0.1) is 0 Å². The Labute approximate surface area is 76.9 Å². The maximum Gasteiger partial charge on any atom is 0.334 e. The molecule has 0 radical (unpaired) electrons. The summed E-state index contributed by atoms with van der Waals surface area (Å²) in [6.45, 7) is 1.55. The average molecular weight is 208 g/mol. The molecule has 0 aliphatic heterocycles. The first-order valence-corrected chi connectivity index (χ1v) is 5.27. The summed E-state index contributed by atoms with van der Waals surface area (Å²) >= 11 is 0. The van der Waals surface area contributed by atoms with Crippen molar-refractivity contribution in [3.63, 3.8) is 0 Å². The number of carboxylic acid groups (broad SMARTS) is 1. The van der Waals surface area contributed by atoms with E-state index in [1.165, 1.54) is 14.2 Å². The minimum Gasteiger partial charge on any atom is -0.478 e. The van der Waals surface area contributed by atoms with Crippen molar-refractivity contribution in [1.82, 2.24) is 0 Å². The van der Waals surface area contributed by atoms with Crippen LogP contribution in [0.4, 0.5) is 0 Å². The second-order valence-electron chi connectivity index (χ2n) is 2.46. The Morgan fingerprint density at radius 2 is 1.92 bits per heavy atom. The van der Waals surface area contributed by atoms with Crippen LogP contribution in [0.15, 0.2) is 11.6 Å². The molecule has 0 bridgehead atoms. The number of carbonyl (C=O) groups is 1. The van der Waals surface area contributed by atoms with Crippen LogP contribution in [0.3, 0.4) is 0 Å². The third kappa shape index (κ3) is 4.83. The molecule has 1 N–H and O–H groups in total. The maximum atomic E-state index is 11.5. The molecule has 0 saturated heterocycles. The Hall–Kier alpha value is -0.640. The van der Waals surface area contributed by atoms with Gasteiger partial charge < -0.3 is 14.2 Å². The van der Waals surface area contributed by atoms with Crippen molar-refractivity contribution in [2.24, 2.45) is 0 Å². The van der Waals surface area contributed by atoms with Gasteiger partial charge in [0.15, 0.2) is 0 Å². The number of rotatable bonds is 5. The summed E-state index contributed by atoms with van der Waals surface area (Å²) in [6, 6.07) is 0. The molecule has 0 spiro atoms. The van der Waals surface area contributed by atoms with Gasteiger partial charge >= 0.3 is 13.6 Å². The van der Waals surface area contributed by atoms with E-state index in [-0.39, 0.29) is 6.16 Å². The number of allylic oxidation sites excluding steroid dienone is 1. The standard InChI is InChI=1S/C7H13O5P/c1-6(4-7(8)9)5-13(10,11-2)12-3/h4H,5H2,1-3H3,(H,8,9). The van der Waals surface area contributed by atoms with E-state index in [1.807, 2.05) is 0 Å². The summed E-state index contributed by atoms with van der Waals surface area (Å²) in [4.78, 5) is 10.2. The van der Waals surface area contributed by atoms with E-state index >= 15 is 0 Å². The lowest BCUT2D eigenvalue weighted by Gasteiger charge is -2.12. The Morgan fingerprint density at radius 3 is 2.23 bits per heavy atom. The van der Waals surface area contributed by atoms with Gasteiger partial charge in [-0.05, 0) is 6.92 Å². The van der Waals surface area contributed by atoms with Gasteiger partial charge in [0, 0.05) is 20.3 Å². The topological polar surface area (TPSA) is 72.8 Å². The van der Waals surface area contributed by atoms with E-state index in [4.69, 9.17) is 5.11 Å². The van der Waals surface area contributed by atoms with Crippen molar-refractivity contribution >= 4 is 13.6 Å². The van der Waals surface area contributed by atoms with Gasteiger partial charge in [-0.3, -0.25) is 4.57 Å². The highest BCUT2D eigenvalue weighted by molar-refractivity contribution is 7.54. The van der Waals surface area contributed by atoms with Crippen LogP contribution >= 0.6 is 7.60 Å². The number of hydrogen-bond donors (Lipinski definition) is 1. The molecule has 0 unspecified atom stereocenters. The first-order chi connectivity index (χ1) is 5.93. The average Bonchev–Trinajstić information content (AvgIpc) is 2.02. The van der Waals surface area contributed by atoms with Crippen LogP contribution in [0.25, 0.3) is 0 Å². The summed E-state index contributed by atoms with van der Waals surface area (Å²) in [6.07, 6.45) is 0.969. The highest BCUT2D eigenvalue weighted by Gasteiger charge is 2.21. The van der Waals surface area contributed by atoms with E-state index in [0.717, 1.165) is 6.08 Å². The summed E-state index contributed by atoms with van der Waals surface area (Å²) < 4.78 is 20.7. The van der Waals surface area contributed by atoms with Gasteiger partial charge in [0.25, 0.3) is 0 Å². The molecule has 0 heterocycles. The molecule has 0 aliphatic rings. The van der Waals surface area contributed by atoms with Crippen LogP contribution in [0.2, 0.25) is 0 Å². The summed E-state index contributed by atoms with van der Waals surface area (Å²) in [5.41, 5.74) is 0.444. The van der Waals surface area contributed by atoms with E-state index in [0.29, 0.717) is 5.57 Å². The van der Waals surface area contributed by atoms with E-state index in [1.54, 1.807) is 6.92 Å². The van der Waals surface area contributed by atoms with Crippen LogP contribution in [0.1, 0.15) is 6.92 Å². The Bertz CT molecular complexity index is 250. The summed E-state index contributed by atoms with van der Waals surface area (Å²) in [5.74, 6) is -1.07. The summed E-state index contributed by atoms with van der Waals surface area (Å²) in [5, 5.41) is 8.38. The normalized spacial score (nSPS) is 13.0. The third-order valence-corrected chi connectivity index (χ3v) is 3.37. The van der Waals surface area contributed by atoms with Crippen LogP contribution in [-0.4, -0.2) is 31.5 Å². The lowest BCUT2D eigenvalue weighted by molar-refractivity contribution is -0.131. The molecule has 0 fully saturated rings. The molecule has 0 amide bonds. The maximum absolute atomic E-state index is 11.5. The van der Waals surface area contributed by atoms with Crippen molar-refractivity contribution in [2.75, 3.05) is 20.4 Å². The molecule has 0 aliphatic carbocycles. The predicted octanol–water partition coefficient (Wildman–Crippen LogP) is 1.50. The van der Waals surface area contributed by atoms with Gasteiger partial charge in [0.05, 0.1) is 6.16 Å². The number of aliphatic carboxylic acids is 1. The smallest absolute Gasteiger partial charge is 0.334 e. The van der Waals surface area contributed by atoms with Crippen molar-refractivity contribution in [3.05, 3.63) is 11.6 Å². The zero-order valence-corrected chi connectivity index (χ0v) is 8.71. The second kappa shape index (κ2) is 5.17. The fourth-order valence-electron chi connectivity index (χ4n) is 0.766. The van der Waals surface area contributed by atoms with Crippen molar-refractivity contribution < 1.29 is 23.5 Å². The fourth-order valence-corrected chi connectivity index (χ4v) is 1.87. The van der Waals surface area contributed by atoms with Crippen molar-refractivity contribution in [1.29, 1.82) is 0 Å². The zero-order chi connectivity index (χ0) is 10.5. The first-order valence-electron chi connectivity index (χ1n) is 3.54. The molecule has 0 aromatic heterocycles. The molecule has 0 rings (SSSR count). The molecule has 6 heteroatoms. The van der Waals surface area contributed by atoms with E-state index < -0.39 is 13.6 Å². The molecular weight excluding hydrogens is 195 g/mol. The van der Waals surface area contributed by atoms with Crippen molar-refractivity contribution in [3.8, 4) is 0 Å². The Balaban J connectivity index is 4.42. The van der Waals surface area contributed by atoms with Crippen LogP contribution in [0.5, 0.6) is 0 Å². The second-order valence-corrected chi connectivity index (χ2v) is 4.73. The molecule has 0 aromatic carbocycles. The van der Waals surface area contributed by atoms with Gasteiger partial charge in [-0.2, -0.15) is 0 Å². The van der Waals surface area contributed by atoms with Crippen molar-refractivity contribution in [2.45, 2.75) is 6.92 Å². The van der Waals surface area contributed by atoms with Gasteiger partial charge in [-0.25, -0.2) is 4.79 Å². The van der Waals surface area contributed by atoms with Crippen LogP contribution in [-0.2, 0) is 18.4 Å². The molecule has 76 valence electrons. The minimum atomic E-state index is -3.13. The summed E-state index contributed by atoms with van der Waals surface area (Å²) in [7, 11) is -0.601. The Morgan fingerprint density at radius 1 is 1.46 bits per heavy atom. The predicted molar refractivity (Wildman–Crippen MR) is 47.9 cm³/mol. The first kappa shape index (κ1) is 12.4. The Kier molecular flexibility index (Phi) is 4.91. The van der Waals surface area contributed by atoms with Crippen LogP contribution in [0, 0.1) is 0 Å². The van der Waals surface area contributed by atoms with Gasteiger partial charge in [-0.1, -0.05) is 5.57 Å². The molecular formula is C7H13O5P. The quantitative estimate of drug-likeness (QED) is 0.547. The lowest BCUT2D eigenvalue weighted by Crippen LogP contribution is -1.98. The largest absolute Gasteiger partial charge is 0.478 e. The molecule has 0 atom stereocenters. The molecule has 0 aromatic rings. The highest BCUT2D eigenvalue weighted by atomic mass is 31.2. The van der Waals surface area contributed by atoms with Gasteiger partial charge in [0.1, 0.15) is 0 Å². The van der Waals surface area contributed by atoms with E-state index in [2.05, 4.69) is 9.05 Å². The molecule has 13 heavy (non-hydrogen) atoms. The molecule has 5 nitrogen and oxygen atoms in total. The molecule has 0 saturated carbocycles. The SMILES string of the molecule is COP(=O)(CC(C)=CC(=O)O)OC. The fraction of sp³-hybridized carbons (Fsp3) is 0.571. The van der Waals surface area contributed by atoms with Gasteiger partial charge in [0.2, 0.25) is 0 Å². The number of carboxylic acids is 1. The number of hydrogen-bond acceptors (Lipinski definition) is 4. The third-order valence-electron chi connectivity index (χ3n) is 1.37. The highest BCUT2D eigenvalue weighted by Crippen LogP contribution is 2.47. The van der Waals surface area contributed by atoms with Crippen LogP contribution < -0.4 is 0 Å².